The number of anilines is 1. The number of aromatic nitrogens is 1. The number of nitrogens with two attached hydrogens (primary N) is 1. The molecule has 3 heterocycles. The van der Waals surface area contributed by atoms with Crippen LogP contribution < -0.4 is 15.2 Å². The molecule has 1 atom stereocenters. The third kappa shape index (κ3) is 4.02. The second-order valence-electron chi connectivity index (χ2n) is 6.93. The van der Waals surface area contributed by atoms with Gasteiger partial charge in [0.15, 0.2) is 5.84 Å². The normalized spacial score (nSPS) is 20.2. The van der Waals surface area contributed by atoms with Crippen molar-refractivity contribution in [2.75, 3.05) is 17.9 Å². The number of carbonyl (C=O) groups excluding carboxylic acids is 1. The van der Waals surface area contributed by atoms with Crippen molar-refractivity contribution in [3.8, 4) is 5.75 Å². The van der Waals surface area contributed by atoms with E-state index in [1.54, 1.807) is 42.7 Å². The number of pyridine rings is 1. The number of nitrogens with one attached hydrogen (secondary N) is 1. The highest BCUT2D eigenvalue weighted by Gasteiger charge is 2.29. The summed E-state index contributed by atoms with van der Waals surface area (Å²) in [6.45, 7) is 0.917. The van der Waals surface area contributed by atoms with Gasteiger partial charge < -0.3 is 15.4 Å². The number of fused-ring (bicyclic) bond motifs is 1. The standard InChI is InChI=1S/C19H21N5O4S/c20-18-17-15(22-29(26,27)23-18)7-3-8-16(17)28-12-14-6-1-2-10-24(14)19(25)13-5-4-9-21-11-13/h3-5,7-9,11,14,22H,1-2,6,10,12H2,(H2,20,23)/t14-/m1/s1. The Morgan fingerprint density at radius 2 is 2.14 bits per heavy atom. The molecule has 1 saturated heterocycles. The second kappa shape index (κ2) is 7.70. The van der Waals surface area contributed by atoms with Crippen LogP contribution in [0.25, 0.3) is 0 Å². The van der Waals surface area contributed by atoms with Crippen molar-refractivity contribution < 1.29 is 17.9 Å². The highest BCUT2D eigenvalue weighted by Crippen LogP contribution is 2.31. The van der Waals surface area contributed by atoms with E-state index in [0.717, 1.165) is 19.3 Å². The van der Waals surface area contributed by atoms with Crippen LogP contribution in [-0.4, -0.2) is 49.2 Å². The van der Waals surface area contributed by atoms with E-state index in [1.165, 1.54) is 0 Å². The van der Waals surface area contributed by atoms with Crippen LogP contribution in [0, 0.1) is 0 Å². The molecule has 0 bridgehead atoms. The smallest absolute Gasteiger partial charge is 0.344 e. The lowest BCUT2D eigenvalue weighted by atomic mass is 10.0. The Morgan fingerprint density at radius 3 is 2.93 bits per heavy atom. The Bertz CT molecular complexity index is 1060. The summed E-state index contributed by atoms with van der Waals surface area (Å²) in [6.07, 6.45) is 5.95. The summed E-state index contributed by atoms with van der Waals surface area (Å²) in [7, 11) is -3.85. The van der Waals surface area contributed by atoms with Crippen LogP contribution in [0.15, 0.2) is 47.1 Å². The van der Waals surface area contributed by atoms with Crippen LogP contribution in [0.5, 0.6) is 5.75 Å². The lowest BCUT2D eigenvalue weighted by Gasteiger charge is -2.35. The molecule has 0 unspecified atom stereocenters. The highest BCUT2D eigenvalue weighted by atomic mass is 32.2. The summed E-state index contributed by atoms with van der Waals surface area (Å²) in [5.74, 6) is 0.224. The molecule has 9 nitrogen and oxygen atoms in total. The molecular formula is C19H21N5O4S. The number of nitrogens with zero attached hydrogens (tertiary/aromatic N) is 3. The van der Waals surface area contributed by atoms with Crippen molar-refractivity contribution in [3.63, 3.8) is 0 Å². The Labute approximate surface area is 168 Å². The van der Waals surface area contributed by atoms with Gasteiger partial charge in [-0.3, -0.25) is 14.5 Å². The zero-order valence-corrected chi connectivity index (χ0v) is 16.4. The van der Waals surface area contributed by atoms with Gasteiger partial charge >= 0.3 is 10.2 Å². The molecule has 0 radical (unpaired) electrons. The first-order valence-electron chi connectivity index (χ1n) is 9.30. The molecule has 2 aliphatic heterocycles. The maximum atomic E-state index is 12.9. The first kappa shape index (κ1) is 19.2. The lowest BCUT2D eigenvalue weighted by molar-refractivity contribution is 0.0528. The van der Waals surface area contributed by atoms with Crippen LogP contribution in [0.4, 0.5) is 5.69 Å². The third-order valence-electron chi connectivity index (χ3n) is 4.97. The summed E-state index contributed by atoms with van der Waals surface area (Å²) in [6, 6.07) is 8.36. The van der Waals surface area contributed by atoms with Crippen LogP contribution >= 0.6 is 0 Å². The SMILES string of the molecule is NC1=NS(=O)(=O)Nc2cccc(OC[C@H]3CCCCN3C(=O)c3cccnc3)c21. The molecule has 2 aromatic rings. The Hall–Kier alpha value is -3.14. The maximum absolute atomic E-state index is 12.9. The minimum atomic E-state index is -3.85. The largest absolute Gasteiger partial charge is 0.491 e. The minimum absolute atomic E-state index is 0.0738. The zero-order valence-electron chi connectivity index (χ0n) is 15.6. The first-order chi connectivity index (χ1) is 13.9. The molecule has 152 valence electrons. The lowest BCUT2D eigenvalue weighted by Crippen LogP contribution is -2.46. The molecule has 1 amide bonds. The number of benzene rings is 1. The van der Waals surface area contributed by atoms with Gasteiger partial charge in [-0.25, -0.2) is 0 Å². The van der Waals surface area contributed by atoms with Gasteiger partial charge in [0, 0.05) is 18.9 Å². The Balaban J connectivity index is 1.53. The number of amidine groups is 1. The van der Waals surface area contributed by atoms with Gasteiger partial charge in [-0.05, 0) is 43.5 Å². The fourth-order valence-corrected chi connectivity index (χ4v) is 4.46. The fraction of sp³-hybridized carbons (Fsp3) is 0.316. The van der Waals surface area contributed by atoms with Gasteiger partial charge in [0.1, 0.15) is 12.4 Å². The number of likely N-dealkylation sites (tertiary alicyclic amines) is 1. The summed E-state index contributed by atoms with van der Waals surface area (Å²) >= 11 is 0. The van der Waals surface area contributed by atoms with Crippen LogP contribution in [0.2, 0.25) is 0 Å². The summed E-state index contributed by atoms with van der Waals surface area (Å²) in [5.41, 5.74) is 7.13. The topological polar surface area (TPSA) is 127 Å². The average Bonchev–Trinajstić information content (AvgIpc) is 2.71. The van der Waals surface area contributed by atoms with E-state index in [4.69, 9.17) is 10.5 Å². The predicted octanol–water partition coefficient (Wildman–Crippen LogP) is 1.53. The Morgan fingerprint density at radius 1 is 1.28 bits per heavy atom. The van der Waals surface area contributed by atoms with E-state index < -0.39 is 10.2 Å². The molecule has 2 aliphatic rings. The molecule has 10 heteroatoms. The maximum Gasteiger partial charge on any atom is 0.344 e. The van der Waals surface area contributed by atoms with Crippen molar-refractivity contribution in [3.05, 3.63) is 53.9 Å². The molecule has 1 aromatic carbocycles. The van der Waals surface area contributed by atoms with Gasteiger partial charge in [0.05, 0.1) is 22.9 Å². The van der Waals surface area contributed by atoms with Crippen molar-refractivity contribution in [1.82, 2.24) is 9.88 Å². The highest BCUT2D eigenvalue weighted by molar-refractivity contribution is 7.91. The summed E-state index contributed by atoms with van der Waals surface area (Å²) < 4.78 is 35.3. The molecule has 29 heavy (non-hydrogen) atoms. The predicted molar refractivity (Wildman–Crippen MR) is 108 cm³/mol. The molecule has 4 rings (SSSR count). The van der Waals surface area contributed by atoms with Gasteiger partial charge in [0.25, 0.3) is 5.91 Å². The fourth-order valence-electron chi connectivity index (χ4n) is 3.62. The number of hydrogen-bond acceptors (Lipinski definition) is 6. The van der Waals surface area contributed by atoms with E-state index >= 15 is 0 Å². The van der Waals surface area contributed by atoms with Gasteiger partial charge in [-0.15, -0.1) is 4.40 Å². The first-order valence-corrected chi connectivity index (χ1v) is 10.7. The summed E-state index contributed by atoms with van der Waals surface area (Å²) in [5, 5.41) is 0. The van der Waals surface area contributed by atoms with Crippen molar-refractivity contribution in [2.45, 2.75) is 25.3 Å². The van der Waals surface area contributed by atoms with E-state index in [2.05, 4.69) is 14.1 Å². The third-order valence-corrected chi connectivity index (χ3v) is 5.88. The van der Waals surface area contributed by atoms with E-state index in [-0.39, 0.29) is 24.4 Å². The van der Waals surface area contributed by atoms with Gasteiger partial charge in [-0.2, -0.15) is 8.42 Å². The van der Waals surface area contributed by atoms with E-state index in [1.807, 2.05) is 4.90 Å². The van der Waals surface area contributed by atoms with Crippen molar-refractivity contribution in [1.29, 1.82) is 0 Å². The molecule has 1 fully saturated rings. The number of rotatable bonds is 4. The number of hydrogen-bond donors (Lipinski definition) is 2. The molecular weight excluding hydrogens is 394 g/mol. The zero-order chi connectivity index (χ0) is 20.4. The number of amides is 1. The minimum Gasteiger partial charge on any atom is -0.491 e. The van der Waals surface area contributed by atoms with Gasteiger partial charge in [-0.1, -0.05) is 6.07 Å². The molecule has 0 spiro atoms. The average molecular weight is 415 g/mol. The quantitative estimate of drug-likeness (QED) is 0.780. The number of piperidine rings is 1. The van der Waals surface area contributed by atoms with Crippen molar-refractivity contribution in [2.24, 2.45) is 10.1 Å². The molecule has 1 aromatic heterocycles. The molecule has 0 saturated carbocycles. The van der Waals surface area contributed by atoms with E-state index in [9.17, 15) is 13.2 Å². The van der Waals surface area contributed by atoms with Crippen LogP contribution in [0.1, 0.15) is 35.2 Å². The monoisotopic (exact) mass is 415 g/mol. The second-order valence-corrected chi connectivity index (χ2v) is 8.27. The number of carbonyl (C=O) groups is 1. The van der Waals surface area contributed by atoms with Crippen LogP contribution in [-0.2, 0) is 10.2 Å². The number of ether oxygens (including phenoxy) is 1. The van der Waals surface area contributed by atoms with Crippen molar-refractivity contribution >= 4 is 27.6 Å². The summed E-state index contributed by atoms with van der Waals surface area (Å²) in [4.78, 5) is 18.7. The van der Waals surface area contributed by atoms with E-state index in [0.29, 0.717) is 29.1 Å². The van der Waals surface area contributed by atoms with Gasteiger partial charge in [0.2, 0.25) is 0 Å². The molecule has 3 N–H and O–H groups in total. The Kier molecular flexibility index (Phi) is 5.10. The molecule has 0 aliphatic carbocycles. The van der Waals surface area contributed by atoms with Crippen LogP contribution in [0.3, 0.4) is 0 Å².